The fourth-order valence-electron chi connectivity index (χ4n) is 6.84. The van der Waals surface area contributed by atoms with Crippen molar-refractivity contribution in [1.29, 1.82) is 0 Å². The molecular weight excluding hydrogens is 420 g/mol. The number of hydrogen-bond donors (Lipinski definition) is 4. The van der Waals surface area contributed by atoms with E-state index < -0.39 is 17.4 Å². The first-order valence-electron chi connectivity index (χ1n) is 12.0. The van der Waals surface area contributed by atoms with Crippen molar-refractivity contribution >= 4 is 28.6 Å². The Balaban J connectivity index is 1.55. The van der Waals surface area contributed by atoms with Gasteiger partial charge in [-0.3, -0.25) is 14.4 Å². The van der Waals surface area contributed by atoms with Crippen LogP contribution in [0.5, 0.6) is 0 Å². The molecule has 1 aromatic heterocycles. The quantitative estimate of drug-likeness (QED) is 0.533. The second-order valence-electron chi connectivity index (χ2n) is 9.92. The van der Waals surface area contributed by atoms with Gasteiger partial charge in [0.25, 0.3) is 5.91 Å². The number of para-hydroxylation sites is 1. The smallest absolute Gasteiger partial charge is 0.271 e. The number of H-pyrrole nitrogens is 1. The van der Waals surface area contributed by atoms with Gasteiger partial charge >= 0.3 is 0 Å². The van der Waals surface area contributed by atoms with Crippen molar-refractivity contribution in [1.82, 2.24) is 15.2 Å². The molecule has 5 N–H and O–H groups in total. The van der Waals surface area contributed by atoms with E-state index in [4.69, 9.17) is 5.73 Å². The van der Waals surface area contributed by atoms with Crippen LogP contribution in [0.15, 0.2) is 30.3 Å². The number of aliphatic hydroxyl groups is 1. The molecule has 5 atom stereocenters. The van der Waals surface area contributed by atoms with Crippen LogP contribution in [0.3, 0.4) is 0 Å². The van der Waals surface area contributed by atoms with Gasteiger partial charge in [0.1, 0.15) is 11.2 Å². The standard InChI is InChI=1S/C25H32N4O4/c26-24(33)25(18(14-30)11-16-7-4-10-27-22(16)31)19-8-3-6-17(19)13-29(25)23(32)21-12-15-5-1-2-9-20(15)28-21/h1-2,5,9,12,16-19,28,30H,3-4,6-8,10-11,13-14H2,(H2,26,33)(H,27,31)/t16-,17?,18+,19?,25?/m0/s1. The molecule has 8 nitrogen and oxygen atoms in total. The zero-order valence-electron chi connectivity index (χ0n) is 18.8. The summed E-state index contributed by atoms with van der Waals surface area (Å²) >= 11 is 0. The molecular formula is C25H32N4O4. The Kier molecular flexibility index (Phi) is 5.64. The van der Waals surface area contributed by atoms with Crippen molar-refractivity contribution in [2.75, 3.05) is 19.7 Å². The van der Waals surface area contributed by atoms with Crippen LogP contribution in [-0.2, 0) is 9.59 Å². The van der Waals surface area contributed by atoms with E-state index in [-0.39, 0.29) is 36.2 Å². The van der Waals surface area contributed by atoms with Gasteiger partial charge in [-0.05, 0) is 56.1 Å². The second kappa shape index (κ2) is 8.48. The highest BCUT2D eigenvalue weighted by atomic mass is 16.3. The number of rotatable bonds is 6. The van der Waals surface area contributed by atoms with E-state index in [1.54, 1.807) is 11.0 Å². The van der Waals surface area contributed by atoms with E-state index in [0.717, 1.165) is 36.6 Å². The number of primary amides is 1. The number of piperidine rings is 1. The number of nitrogens with one attached hydrogen (secondary N) is 2. The van der Waals surface area contributed by atoms with Gasteiger partial charge in [-0.1, -0.05) is 24.6 Å². The Morgan fingerprint density at radius 1 is 1.21 bits per heavy atom. The van der Waals surface area contributed by atoms with E-state index in [0.29, 0.717) is 31.6 Å². The third kappa shape index (κ3) is 3.42. The van der Waals surface area contributed by atoms with Gasteiger partial charge in [0.2, 0.25) is 11.8 Å². The van der Waals surface area contributed by atoms with E-state index >= 15 is 0 Å². The molecule has 1 saturated carbocycles. The fraction of sp³-hybridized carbons (Fsp3) is 0.560. The van der Waals surface area contributed by atoms with Crippen LogP contribution in [0.1, 0.15) is 49.0 Å². The van der Waals surface area contributed by atoms with Crippen molar-refractivity contribution in [3.63, 3.8) is 0 Å². The summed E-state index contributed by atoms with van der Waals surface area (Å²) in [6, 6.07) is 9.46. The summed E-state index contributed by atoms with van der Waals surface area (Å²) in [6.45, 7) is 0.789. The Morgan fingerprint density at radius 3 is 2.76 bits per heavy atom. The number of fused-ring (bicyclic) bond motifs is 2. The predicted octanol–water partition coefficient (Wildman–Crippen LogP) is 1.79. The number of nitrogens with zero attached hydrogens (tertiary/aromatic N) is 1. The summed E-state index contributed by atoms with van der Waals surface area (Å²) < 4.78 is 0. The minimum atomic E-state index is -1.30. The highest BCUT2D eigenvalue weighted by molar-refractivity contribution is 6.02. The molecule has 2 aromatic rings. The maximum atomic E-state index is 13.9. The summed E-state index contributed by atoms with van der Waals surface area (Å²) in [5, 5.41) is 14.3. The average molecular weight is 453 g/mol. The Hall–Kier alpha value is -2.87. The predicted molar refractivity (Wildman–Crippen MR) is 123 cm³/mol. The summed E-state index contributed by atoms with van der Waals surface area (Å²) in [5.41, 5.74) is 6.09. The van der Waals surface area contributed by atoms with Crippen LogP contribution in [0.2, 0.25) is 0 Å². The zero-order valence-corrected chi connectivity index (χ0v) is 18.8. The third-order valence-corrected chi connectivity index (χ3v) is 8.30. The molecule has 3 unspecified atom stereocenters. The van der Waals surface area contributed by atoms with Gasteiger partial charge in [0.05, 0.1) is 0 Å². The lowest BCUT2D eigenvalue weighted by Crippen LogP contribution is -2.65. The SMILES string of the molecule is NC(=O)C1([C@@H](CO)C[C@@H]2CCCNC2=O)C2CCCC2CN1C(=O)c1cc2ccccc2[nH]1. The van der Waals surface area contributed by atoms with Gasteiger partial charge in [-0.25, -0.2) is 0 Å². The fourth-order valence-corrected chi connectivity index (χ4v) is 6.84. The lowest BCUT2D eigenvalue weighted by molar-refractivity contribution is -0.138. The number of carbonyl (C=O) groups excluding carboxylic acids is 3. The van der Waals surface area contributed by atoms with E-state index in [1.165, 1.54) is 0 Å². The van der Waals surface area contributed by atoms with Gasteiger partial charge in [0.15, 0.2) is 0 Å². The monoisotopic (exact) mass is 452 g/mol. The topological polar surface area (TPSA) is 129 Å². The second-order valence-corrected chi connectivity index (χ2v) is 9.92. The number of aromatic amines is 1. The van der Waals surface area contributed by atoms with Crippen molar-refractivity contribution in [3.05, 3.63) is 36.0 Å². The first-order valence-corrected chi connectivity index (χ1v) is 12.0. The number of likely N-dealkylation sites (tertiary alicyclic amines) is 1. The number of nitrogens with two attached hydrogens (primary N) is 1. The lowest BCUT2D eigenvalue weighted by Gasteiger charge is -2.45. The molecule has 5 rings (SSSR count). The summed E-state index contributed by atoms with van der Waals surface area (Å²) in [5.74, 6) is -1.72. The normalized spacial score (nSPS) is 30.3. The Bertz CT molecular complexity index is 1050. The average Bonchev–Trinajstić information content (AvgIpc) is 3.52. The van der Waals surface area contributed by atoms with Crippen LogP contribution in [0, 0.1) is 23.7 Å². The molecule has 3 fully saturated rings. The molecule has 1 aromatic carbocycles. The van der Waals surface area contributed by atoms with Crippen molar-refractivity contribution in [2.24, 2.45) is 29.4 Å². The summed E-state index contributed by atoms with van der Waals surface area (Å²) in [4.78, 5) is 44.5. The van der Waals surface area contributed by atoms with Crippen LogP contribution in [0.25, 0.3) is 10.9 Å². The largest absolute Gasteiger partial charge is 0.396 e. The molecule has 176 valence electrons. The van der Waals surface area contributed by atoms with Gasteiger partial charge in [-0.2, -0.15) is 0 Å². The Morgan fingerprint density at radius 2 is 2.03 bits per heavy atom. The van der Waals surface area contributed by atoms with Crippen molar-refractivity contribution < 1.29 is 19.5 Å². The molecule has 0 radical (unpaired) electrons. The molecule has 0 bridgehead atoms. The minimum absolute atomic E-state index is 0.0474. The molecule has 3 amide bonds. The number of carbonyl (C=O) groups is 3. The number of amides is 3. The van der Waals surface area contributed by atoms with E-state index in [1.807, 2.05) is 24.3 Å². The molecule has 8 heteroatoms. The Labute approximate surface area is 192 Å². The summed E-state index contributed by atoms with van der Waals surface area (Å²) in [6.07, 6.45) is 4.60. The number of aromatic nitrogens is 1. The first kappa shape index (κ1) is 21.9. The lowest BCUT2D eigenvalue weighted by atomic mass is 9.68. The number of benzene rings is 1. The highest BCUT2D eigenvalue weighted by Gasteiger charge is 2.64. The van der Waals surface area contributed by atoms with Crippen LogP contribution >= 0.6 is 0 Å². The van der Waals surface area contributed by atoms with Gasteiger partial charge in [-0.15, -0.1) is 0 Å². The minimum Gasteiger partial charge on any atom is -0.396 e. The molecule has 3 aliphatic rings. The molecule has 33 heavy (non-hydrogen) atoms. The number of aliphatic hydroxyl groups excluding tert-OH is 1. The van der Waals surface area contributed by atoms with Crippen LogP contribution < -0.4 is 11.1 Å². The first-order chi connectivity index (χ1) is 16.0. The zero-order chi connectivity index (χ0) is 23.2. The molecule has 2 saturated heterocycles. The molecule has 1 aliphatic carbocycles. The maximum absolute atomic E-state index is 13.9. The highest BCUT2D eigenvalue weighted by Crippen LogP contribution is 2.53. The molecule has 0 spiro atoms. The van der Waals surface area contributed by atoms with Gasteiger partial charge < -0.3 is 26.0 Å². The van der Waals surface area contributed by atoms with Crippen molar-refractivity contribution in [3.8, 4) is 0 Å². The third-order valence-electron chi connectivity index (χ3n) is 8.30. The van der Waals surface area contributed by atoms with E-state index in [9.17, 15) is 19.5 Å². The molecule has 3 heterocycles. The maximum Gasteiger partial charge on any atom is 0.271 e. The summed E-state index contributed by atoms with van der Waals surface area (Å²) in [7, 11) is 0. The number of hydrogen-bond acceptors (Lipinski definition) is 4. The van der Waals surface area contributed by atoms with Crippen LogP contribution in [-0.4, -0.2) is 57.9 Å². The van der Waals surface area contributed by atoms with Gasteiger partial charge in [0, 0.05) is 42.4 Å². The van der Waals surface area contributed by atoms with Crippen LogP contribution in [0.4, 0.5) is 0 Å². The molecule has 2 aliphatic heterocycles. The van der Waals surface area contributed by atoms with E-state index in [2.05, 4.69) is 10.3 Å². The van der Waals surface area contributed by atoms with Crippen molar-refractivity contribution in [2.45, 2.75) is 44.1 Å².